The van der Waals surface area contributed by atoms with E-state index in [2.05, 4.69) is 0 Å². The van der Waals surface area contributed by atoms with Crippen molar-refractivity contribution < 1.29 is 4.79 Å². The Kier molecular flexibility index (Phi) is 5.09. The molecule has 0 saturated carbocycles. The molecule has 0 aliphatic carbocycles. The van der Waals surface area contributed by atoms with Gasteiger partial charge >= 0.3 is 0 Å². The van der Waals surface area contributed by atoms with E-state index in [4.69, 9.17) is 5.73 Å². The summed E-state index contributed by atoms with van der Waals surface area (Å²) in [5, 5.41) is 2.02. The number of aryl methyl sites for hydroxylation is 1. The van der Waals surface area contributed by atoms with Crippen molar-refractivity contribution in [3.63, 3.8) is 0 Å². The third-order valence-corrected chi connectivity index (χ3v) is 4.84. The molecule has 0 radical (unpaired) electrons. The van der Waals surface area contributed by atoms with E-state index in [9.17, 15) is 4.79 Å². The lowest BCUT2D eigenvalue weighted by molar-refractivity contribution is -0.127. The largest absolute Gasteiger partial charge is 0.398 e. The SMILES string of the molecule is Cc1ccc(N)c(SCC(=O)N(C)Cc2cccs2)c1. The van der Waals surface area contributed by atoms with E-state index in [1.165, 1.54) is 16.6 Å². The topological polar surface area (TPSA) is 46.3 Å². The van der Waals surface area contributed by atoms with E-state index in [-0.39, 0.29) is 5.91 Å². The number of anilines is 1. The second kappa shape index (κ2) is 6.81. The number of nitrogen functional groups attached to an aromatic ring is 1. The fraction of sp³-hybridized carbons (Fsp3) is 0.267. The number of thioether (sulfide) groups is 1. The van der Waals surface area contributed by atoms with Gasteiger partial charge in [0.2, 0.25) is 5.91 Å². The van der Waals surface area contributed by atoms with Crippen LogP contribution < -0.4 is 5.73 Å². The van der Waals surface area contributed by atoms with E-state index >= 15 is 0 Å². The van der Waals surface area contributed by atoms with Gasteiger partial charge < -0.3 is 10.6 Å². The highest BCUT2D eigenvalue weighted by molar-refractivity contribution is 8.00. The van der Waals surface area contributed by atoms with Gasteiger partial charge in [0.25, 0.3) is 0 Å². The van der Waals surface area contributed by atoms with E-state index in [0.29, 0.717) is 12.3 Å². The summed E-state index contributed by atoms with van der Waals surface area (Å²) in [6.45, 7) is 2.69. The van der Waals surface area contributed by atoms with Crippen molar-refractivity contribution in [1.82, 2.24) is 4.90 Å². The molecule has 2 N–H and O–H groups in total. The Hall–Kier alpha value is -1.46. The van der Waals surface area contributed by atoms with E-state index in [0.717, 1.165) is 16.1 Å². The first-order valence-electron chi connectivity index (χ1n) is 6.31. The number of amides is 1. The van der Waals surface area contributed by atoms with Crippen LogP contribution in [0.4, 0.5) is 5.69 Å². The fourth-order valence-electron chi connectivity index (χ4n) is 1.74. The third-order valence-electron chi connectivity index (χ3n) is 2.92. The van der Waals surface area contributed by atoms with Crippen molar-refractivity contribution >= 4 is 34.7 Å². The number of rotatable bonds is 5. The molecular weight excluding hydrogens is 288 g/mol. The Balaban J connectivity index is 1.89. The molecule has 0 bridgehead atoms. The molecule has 0 spiro atoms. The zero-order chi connectivity index (χ0) is 14.5. The van der Waals surface area contributed by atoms with Gasteiger partial charge in [0, 0.05) is 22.5 Å². The average molecular weight is 306 g/mol. The number of benzene rings is 1. The van der Waals surface area contributed by atoms with Crippen LogP contribution >= 0.6 is 23.1 Å². The first-order valence-corrected chi connectivity index (χ1v) is 8.18. The van der Waals surface area contributed by atoms with E-state index in [1.54, 1.807) is 16.2 Å². The maximum atomic E-state index is 12.1. The molecule has 2 rings (SSSR count). The highest BCUT2D eigenvalue weighted by Crippen LogP contribution is 2.26. The summed E-state index contributed by atoms with van der Waals surface area (Å²) in [5.41, 5.74) is 7.80. The molecule has 0 aliphatic heterocycles. The predicted molar refractivity (Wildman–Crippen MR) is 87.1 cm³/mol. The molecular formula is C15H18N2OS2. The number of nitrogens with zero attached hydrogens (tertiary/aromatic N) is 1. The van der Waals surface area contributed by atoms with E-state index in [1.807, 2.05) is 49.7 Å². The van der Waals surface area contributed by atoms with Crippen LogP contribution in [0.1, 0.15) is 10.4 Å². The monoisotopic (exact) mass is 306 g/mol. The lowest BCUT2D eigenvalue weighted by Gasteiger charge is -2.16. The Bertz CT molecular complexity index is 582. The fourth-order valence-corrected chi connectivity index (χ4v) is 3.50. The van der Waals surface area contributed by atoms with Gasteiger partial charge in [-0.1, -0.05) is 12.1 Å². The van der Waals surface area contributed by atoms with Gasteiger partial charge in [-0.2, -0.15) is 0 Å². The first-order chi connectivity index (χ1) is 9.56. The molecule has 2 aromatic rings. The molecule has 3 nitrogen and oxygen atoms in total. The van der Waals surface area contributed by atoms with Crippen LogP contribution in [-0.2, 0) is 11.3 Å². The molecule has 1 aromatic carbocycles. The van der Waals surface area contributed by atoms with Gasteiger partial charge in [0.1, 0.15) is 0 Å². The van der Waals surface area contributed by atoms with Crippen LogP contribution in [0.25, 0.3) is 0 Å². The first kappa shape index (κ1) is 14.9. The summed E-state index contributed by atoms with van der Waals surface area (Å²) in [6.07, 6.45) is 0. The summed E-state index contributed by atoms with van der Waals surface area (Å²) in [7, 11) is 1.84. The Morgan fingerprint density at radius 1 is 1.40 bits per heavy atom. The van der Waals surface area contributed by atoms with Gasteiger partial charge in [-0.15, -0.1) is 23.1 Å². The zero-order valence-corrected chi connectivity index (χ0v) is 13.3. The lowest BCUT2D eigenvalue weighted by atomic mass is 10.2. The lowest BCUT2D eigenvalue weighted by Crippen LogP contribution is -2.27. The van der Waals surface area contributed by atoms with Crippen LogP contribution in [0.5, 0.6) is 0 Å². The van der Waals surface area contributed by atoms with Crippen molar-refractivity contribution in [2.45, 2.75) is 18.4 Å². The van der Waals surface area contributed by atoms with Crippen LogP contribution in [0, 0.1) is 6.92 Å². The third kappa shape index (κ3) is 4.02. The van der Waals surface area contributed by atoms with Crippen LogP contribution in [0.15, 0.2) is 40.6 Å². The van der Waals surface area contributed by atoms with Gasteiger partial charge in [-0.3, -0.25) is 4.79 Å². The zero-order valence-electron chi connectivity index (χ0n) is 11.6. The summed E-state index contributed by atoms with van der Waals surface area (Å²) in [4.78, 5) is 16.0. The van der Waals surface area contributed by atoms with Crippen LogP contribution in [0.2, 0.25) is 0 Å². The van der Waals surface area contributed by atoms with Gasteiger partial charge in [-0.05, 0) is 36.1 Å². The average Bonchev–Trinajstić information content (AvgIpc) is 2.92. The molecule has 106 valence electrons. The van der Waals surface area contributed by atoms with Crippen molar-refractivity contribution in [2.75, 3.05) is 18.5 Å². The maximum Gasteiger partial charge on any atom is 0.233 e. The minimum absolute atomic E-state index is 0.115. The standard InChI is InChI=1S/C15H18N2OS2/c1-11-5-6-13(16)14(8-11)20-10-15(18)17(2)9-12-4-3-7-19-12/h3-8H,9-10,16H2,1-2H3. The molecule has 0 aliphatic rings. The van der Waals surface area contributed by atoms with Crippen molar-refractivity contribution in [3.8, 4) is 0 Å². The Morgan fingerprint density at radius 2 is 2.20 bits per heavy atom. The van der Waals surface area contributed by atoms with Gasteiger partial charge in [-0.25, -0.2) is 0 Å². The Morgan fingerprint density at radius 3 is 2.90 bits per heavy atom. The number of thiophene rings is 1. The Labute approximate surface area is 127 Å². The van der Waals surface area contributed by atoms with Crippen LogP contribution in [-0.4, -0.2) is 23.6 Å². The quantitative estimate of drug-likeness (QED) is 0.680. The van der Waals surface area contributed by atoms with Crippen LogP contribution in [0.3, 0.4) is 0 Å². The molecule has 0 saturated heterocycles. The number of hydrogen-bond donors (Lipinski definition) is 1. The number of hydrogen-bond acceptors (Lipinski definition) is 4. The minimum Gasteiger partial charge on any atom is -0.398 e. The van der Waals surface area contributed by atoms with E-state index < -0.39 is 0 Å². The summed E-state index contributed by atoms with van der Waals surface area (Å²) in [6, 6.07) is 9.93. The molecule has 1 aromatic heterocycles. The highest BCUT2D eigenvalue weighted by Gasteiger charge is 2.11. The summed E-state index contributed by atoms with van der Waals surface area (Å²) >= 11 is 3.16. The maximum absolute atomic E-state index is 12.1. The van der Waals surface area contributed by atoms with Crippen molar-refractivity contribution in [3.05, 3.63) is 46.2 Å². The molecule has 20 heavy (non-hydrogen) atoms. The molecule has 0 unspecified atom stereocenters. The van der Waals surface area contributed by atoms with Crippen molar-refractivity contribution in [2.24, 2.45) is 0 Å². The molecule has 0 atom stereocenters. The number of carbonyl (C=O) groups excluding carboxylic acids is 1. The highest BCUT2D eigenvalue weighted by atomic mass is 32.2. The number of nitrogens with two attached hydrogens (primary N) is 1. The molecule has 0 fully saturated rings. The van der Waals surface area contributed by atoms with Crippen molar-refractivity contribution in [1.29, 1.82) is 0 Å². The minimum atomic E-state index is 0.115. The molecule has 1 amide bonds. The summed E-state index contributed by atoms with van der Waals surface area (Å²) < 4.78 is 0. The molecule has 5 heteroatoms. The second-order valence-electron chi connectivity index (χ2n) is 4.66. The van der Waals surface area contributed by atoms with Gasteiger partial charge in [0.05, 0.1) is 12.3 Å². The smallest absolute Gasteiger partial charge is 0.233 e. The van der Waals surface area contributed by atoms with Gasteiger partial charge in [0.15, 0.2) is 0 Å². The summed E-state index contributed by atoms with van der Waals surface area (Å²) in [5.74, 6) is 0.527. The predicted octanol–water partition coefficient (Wildman–Crippen LogP) is 3.39. The second-order valence-corrected chi connectivity index (χ2v) is 6.71. The normalized spacial score (nSPS) is 10.5. The molecule has 1 heterocycles. The number of carbonyl (C=O) groups is 1.